The Kier molecular flexibility index (Phi) is 8.84. The standard InChI is InChI=1S/C62H36N2S3/c1-2-17-38(18-3-1)62-63-53(42-25-12-19-37-16-4-5-20-40(37)42)36-54(64-62)58-51(49-29-14-27-47-44-22-7-10-32-56(44)66-60(47)49)34-39(41-24-13-26-46-43-21-6-9-31-55(43)65-59(41)46)35-52(58)50-30-15-28-48-45-23-8-11-33-57(45)67-61(48)50/h1-36H. The van der Waals surface area contributed by atoms with Crippen LogP contribution in [0.1, 0.15) is 0 Å². The van der Waals surface area contributed by atoms with Crippen molar-refractivity contribution in [3.8, 4) is 67.3 Å². The Bertz CT molecular complexity index is 4150. The van der Waals surface area contributed by atoms with Crippen molar-refractivity contribution in [3.63, 3.8) is 0 Å². The van der Waals surface area contributed by atoms with Gasteiger partial charge in [-0.1, -0.05) is 182 Å². The molecule has 0 aliphatic rings. The van der Waals surface area contributed by atoms with Gasteiger partial charge < -0.3 is 0 Å². The average Bonchev–Trinajstić information content (AvgIpc) is 4.10. The number of hydrogen-bond donors (Lipinski definition) is 0. The Labute approximate surface area is 398 Å². The molecule has 5 heteroatoms. The molecule has 0 aliphatic carbocycles. The van der Waals surface area contributed by atoms with Crippen LogP contribution in [0.5, 0.6) is 0 Å². The van der Waals surface area contributed by atoms with Crippen molar-refractivity contribution in [3.05, 3.63) is 218 Å². The molecule has 0 unspecified atom stereocenters. The maximum absolute atomic E-state index is 5.68. The largest absolute Gasteiger partial charge is 0.228 e. The van der Waals surface area contributed by atoms with Crippen molar-refractivity contribution in [2.75, 3.05) is 0 Å². The third kappa shape index (κ3) is 6.20. The molecule has 4 heterocycles. The minimum absolute atomic E-state index is 0.692. The van der Waals surface area contributed by atoms with E-state index in [1.807, 2.05) is 34.0 Å². The Morgan fingerprint density at radius 1 is 0.269 bits per heavy atom. The lowest BCUT2D eigenvalue weighted by Gasteiger charge is -2.21. The fourth-order valence-electron chi connectivity index (χ4n) is 10.3. The lowest BCUT2D eigenvalue weighted by Crippen LogP contribution is -2.00. The first kappa shape index (κ1) is 38.5. The summed E-state index contributed by atoms with van der Waals surface area (Å²) in [5.74, 6) is 0.692. The van der Waals surface area contributed by atoms with Crippen LogP contribution < -0.4 is 0 Å². The smallest absolute Gasteiger partial charge is 0.160 e. The number of hydrogen-bond acceptors (Lipinski definition) is 5. The van der Waals surface area contributed by atoms with Crippen LogP contribution >= 0.6 is 34.0 Å². The van der Waals surface area contributed by atoms with Gasteiger partial charge in [-0.2, -0.15) is 0 Å². The van der Waals surface area contributed by atoms with E-state index in [1.54, 1.807) is 0 Å². The molecule has 0 fully saturated rings. The van der Waals surface area contributed by atoms with E-state index in [4.69, 9.17) is 9.97 Å². The molecule has 0 amide bonds. The van der Waals surface area contributed by atoms with Gasteiger partial charge in [0.1, 0.15) is 0 Å². The van der Waals surface area contributed by atoms with Gasteiger partial charge in [0.15, 0.2) is 5.82 Å². The van der Waals surface area contributed by atoms with Crippen molar-refractivity contribution >= 4 is 105 Å². The molecule has 0 bridgehead atoms. The topological polar surface area (TPSA) is 25.8 Å². The van der Waals surface area contributed by atoms with Crippen LogP contribution in [0, 0.1) is 0 Å². The lowest BCUT2D eigenvalue weighted by atomic mass is 9.85. The van der Waals surface area contributed by atoms with Gasteiger partial charge in [0.25, 0.3) is 0 Å². The van der Waals surface area contributed by atoms with E-state index in [9.17, 15) is 0 Å². The Balaban J connectivity index is 1.17. The van der Waals surface area contributed by atoms with E-state index >= 15 is 0 Å². The number of benzene rings is 10. The van der Waals surface area contributed by atoms with Gasteiger partial charge in [-0.15, -0.1) is 34.0 Å². The minimum atomic E-state index is 0.692. The molecule has 4 aromatic heterocycles. The Morgan fingerprint density at radius 3 is 1.27 bits per heavy atom. The normalized spacial score (nSPS) is 11.9. The number of thiophene rings is 3. The summed E-state index contributed by atoms with van der Waals surface area (Å²) in [5, 5.41) is 9.99. The second-order valence-corrected chi connectivity index (χ2v) is 20.3. The highest BCUT2D eigenvalue weighted by Gasteiger charge is 2.25. The maximum Gasteiger partial charge on any atom is 0.160 e. The Morgan fingerprint density at radius 2 is 0.687 bits per heavy atom. The molecule has 0 saturated heterocycles. The van der Waals surface area contributed by atoms with Crippen molar-refractivity contribution in [2.45, 2.75) is 0 Å². The SMILES string of the molecule is c1ccc(-c2nc(-c3c(-c4cccc5c4sc4ccccc45)cc(-c4cccc5c4sc4ccccc45)cc3-c3cccc4c3sc3ccccc34)cc(-c3cccc4ccccc34)n2)cc1. The predicted molar refractivity (Wildman–Crippen MR) is 291 cm³/mol. The summed E-state index contributed by atoms with van der Waals surface area (Å²) in [7, 11) is 0. The van der Waals surface area contributed by atoms with Gasteiger partial charge in [0.05, 0.1) is 11.4 Å². The molecule has 312 valence electrons. The number of nitrogens with zero attached hydrogens (tertiary/aromatic N) is 2. The first-order valence-electron chi connectivity index (χ1n) is 22.5. The van der Waals surface area contributed by atoms with Crippen LogP contribution in [0.2, 0.25) is 0 Å². The van der Waals surface area contributed by atoms with Gasteiger partial charge in [0.2, 0.25) is 0 Å². The zero-order valence-electron chi connectivity index (χ0n) is 35.9. The van der Waals surface area contributed by atoms with Crippen molar-refractivity contribution < 1.29 is 0 Å². The van der Waals surface area contributed by atoms with E-state index in [-0.39, 0.29) is 0 Å². The fourth-order valence-corrected chi connectivity index (χ4v) is 14.0. The van der Waals surface area contributed by atoms with Crippen molar-refractivity contribution in [2.24, 2.45) is 0 Å². The van der Waals surface area contributed by atoms with E-state index < -0.39 is 0 Å². The van der Waals surface area contributed by atoms with E-state index in [0.29, 0.717) is 5.82 Å². The molecule has 67 heavy (non-hydrogen) atoms. The highest BCUT2D eigenvalue weighted by atomic mass is 32.1. The van der Waals surface area contributed by atoms with Crippen molar-refractivity contribution in [1.29, 1.82) is 0 Å². The highest BCUT2D eigenvalue weighted by molar-refractivity contribution is 7.27. The van der Waals surface area contributed by atoms with Crippen molar-refractivity contribution in [1.82, 2.24) is 9.97 Å². The molecule has 14 rings (SSSR count). The van der Waals surface area contributed by atoms with Gasteiger partial charge in [-0.05, 0) is 69.4 Å². The molecule has 0 radical (unpaired) electrons. The fraction of sp³-hybridized carbons (Fsp3) is 0. The summed E-state index contributed by atoms with van der Waals surface area (Å²) < 4.78 is 7.67. The average molecular weight is 905 g/mol. The summed E-state index contributed by atoms with van der Waals surface area (Å²) in [6.07, 6.45) is 0. The number of fused-ring (bicyclic) bond motifs is 10. The van der Waals surface area contributed by atoms with E-state index in [0.717, 1.165) is 44.6 Å². The van der Waals surface area contributed by atoms with Gasteiger partial charge in [-0.25, -0.2) is 9.97 Å². The van der Waals surface area contributed by atoms with Crippen LogP contribution in [0.3, 0.4) is 0 Å². The second-order valence-electron chi connectivity index (χ2n) is 17.1. The van der Waals surface area contributed by atoms with Gasteiger partial charge in [-0.3, -0.25) is 0 Å². The predicted octanol–water partition coefficient (Wildman–Crippen LogP) is 18.7. The molecule has 14 aromatic rings. The zero-order valence-corrected chi connectivity index (χ0v) is 38.4. The summed E-state index contributed by atoms with van der Waals surface area (Å²) in [6, 6.07) is 79.8. The minimum Gasteiger partial charge on any atom is -0.228 e. The van der Waals surface area contributed by atoms with Crippen LogP contribution in [-0.2, 0) is 0 Å². The molecule has 0 saturated carbocycles. The maximum atomic E-state index is 5.68. The quantitative estimate of drug-likeness (QED) is 0.166. The lowest BCUT2D eigenvalue weighted by molar-refractivity contribution is 1.19. The summed E-state index contributed by atoms with van der Waals surface area (Å²) in [6.45, 7) is 0. The zero-order chi connectivity index (χ0) is 44.0. The van der Waals surface area contributed by atoms with Crippen LogP contribution in [0.15, 0.2) is 218 Å². The molecule has 0 spiro atoms. The first-order chi connectivity index (χ1) is 33.2. The molecule has 0 atom stereocenters. The molecular formula is C62H36N2S3. The third-order valence-corrected chi connectivity index (χ3v) is 17.0. The van der Waals surface area contributed by atoms with E-state index in [2.05, 4.69) is 218 Å². The van der Waals surface area contributed by atoms with E-state index in [1.165, 1.54) is 88.2 Å². The molecule has 0 N–H and O–H groups in total. The first-order valence-corrected chi connectivity index (χ1v) is 25.0. The van der Waals surface area contributed by atoms with Crippen LogP contribution in [0.4, 0.5) is 0 Å². The monoisotopic (exact) mass is 904 g/mol. The molecule has 10 aromatic carbocycles. The summed E-state index contributed by atoms with van der Waals surface area (Å²) >= 11 is 5.63. The number of aromatic nitrogens is 2. The number of rotatable bonds is 6. The third-order valence-electron chi connectivity index (χ3n) is 13.3. The molecule has 0 aliphatic heterocycles. The molecule has 2 nitrogen and oxygen atoms in total. The summed E-state index contributed by atoms with van der Waals surface area (Å²) in [4.78, 5) is 11.1. The molecular weight excluding hydrogens is 869 g/mol. The van der Waals surface area contributed by atoms with Gasteiger partial charge in [0, 0.05) is 88.3 Å². The van der Waals surface area contributed by atoms with Crippen LogP contribution in [0.25, 0.3) is 139 Å². The summed E-state index contributed by atoms with van der Waals surface area (Å²) in [5.41, 5.74) is 12.0. The van der Waals surface area contributed by atoms with Crippen LogP contribution in [-0.4, -0.2) is 9.97 Å². The van der Waals surface area contributed by atoms with Gasteiger partial charge >= 0.3 is 0 Å². The second kappa shape index (κ2) is 15.4. The Hall–Kier alpha value is -7.80. The highest BCUT2D eigenvalue weighted by Crippen LogP contribution is 2.51.